The molecule has 0 spiro atoms. The van der Waals surface area contributed by atoms with Gasteiger partial charge in [0, 0.05) is 30.2 Å². The van der Waals surface area contributed by atoms with E-state index in [9.17, 15) is 13.2 Å². The second-order valence-corrected chi connectivity index (χ2v) is 9.68. The van der Waals surface area contributed by atoms with E-state index in [-0.39, 0.29) is 16.5 Å². The molecule has 8 heteroatoms. The van der Waals surface area contributed by atoms with Gasteiger partial charge >= 0.3 is 0 Å². The molecule has 0 unspecified atom stereocenters. The van der Waals surface area contributed by atoms with Crippen LogP contribution in [0.25, 0.3) is 0 Å². The molecule has 0 saturated carbocycles. The summed E-state index contributed by atoms with van der Waals surface area (Å²) in [6.45, 7) is 1.81. The van der Waals surface area contributed by atoms with Crippen LogP contribution in [0.3, 0.4) is 0 Å². The molecule has 1 aliphatic rings. The zero-order chi connectivity index (χ0) is 22.0. The van der Waals surface area contributed by atoms with E-state index < -0.39 is 10.0 Å². The molecule has 31 heavy (non-hydrogen) atoms. The van der Waals surface area contributed by atoms with Crippen LogP contribution in [-0.4, -0.2) is 27.1 Å². The van der Waals surface area contributed by atoms with Gasteiger partial charge in [0.1, 0.15) is 0 Å². The van der Waals surface area contributed by atoms with Crippen LogP contribution in [0, 0.1) is 0 Å². The number of para-hydroxylation sites is 1. The highest BCUT2D eigenvalue weighted by molar-refractivity contribution is 7.92. The molecule has 2 N–H and O–H groups in total. The van der Waals surface area contributed by atoms with Gasteiger partial charge in [0.15, 0.2) is 0 Å². The van der Waals surface area contributed by atoms with Crippen LogP contribution in [0.15, 0.2) is 66.7 Å². The van der Waals surface area contributed by atoms with Crippen LogP contribution in [0.4, 0.5) is 17.1 Å². The SMILES string of the molecule is CS(=O)(=O)Nc1ccc(C(=O)Nc2ccc(CN3CCc4ccccc43)cc2)c(Cl)c1. The van der Waals surface area contributed by atoms with E-state index in [1.54, 1.807) is 0 Å². The first-order valence-electron chi connectivity index (χ1n) is 9.79. The number of fused-ring (bicyclic) bond motifs is 1. The predicted molar refractivity (Wildman–Crippen MR) is 126 cm³/mol. The summed E-state index contributed by atoms with van der Waals surface area (Å²) in [6.07, 6.45) is 2.11. The lowest BCUT2D eigenvalue weighted by atomic mass is 10.1. The van der Waals surface area contributed by atoms with E-state index in [4.69, 9.17) is 11.6 Å². The smallest absolute Gasteiger partial charge is 0.257 e. The molecule has 3 aromatic carbocycles. The number of nitrogens with one attached hydrogen (secondary N) is 2. The van der Waals surface area contributed by atoms with E-state index in [0.29, 0.717) is 11.4 Å². The maximum atomic E-state index is 12.6. The first kappa shape index (κ1) is 21.2. The highest BCUT2D eigenvalue weighted by Crippen LogP contribution is 2.29. The topological polar surface area (TPSA) is 78.5 Å². The number of rotatable bonds is 6. The van der Waals surface area contributed by atoms with Gasteiger partial charge in [0.25, 0.3) is 5.91 Å². The fourth-order valence-corrected chi connectivity index (χ4v) is 4.48. The molecule has 0 fully saturated rings. The van der Waals surface area contributed by atoms with Gasteiger partial charge in [-0.15, -0.1) is 0 Å². The van der Waals surface area contributed by atoms with Gasteiger partial charge in [-0.25, -0.2) is 8.42 Å². The Morgan fingerprint density at radius 2 is 1.74 bits per heavy atom. The second kappa shape index (κ2) is 8.61. The number of sulfonamides is 1. The van der Waals surface area contributed by atoms with Crippen molar-refractivity contribution < 1.29 is 13.2 Å². The second-order valence-electron chi connectivity index (χ2n) is 7.52. The molecule has 3 aromatic rings. The molecular weight excluding hydrogens is 434 g/mol. The van der Waals surface area contributed by atoms with Gasteiger partial charge in [0.2, 0.25) is 10.0 Å². The van der Waals surface area contributed by atoms with E-state index >= 15 is 0 Å². The van der Waals surface area contributed by atoms with Crippen molar-refractivity contribution >= 4 is 44.6 Å². The van der Waals surface area contributed by atoms with E-state index in [2.05, 4.69) is 39.2 Å². The van der Waals surface area contributed by atoms with Gasteiger partial charge in [-0.2, -0.15) is 0 Å². The number of halogens is 1. The Labute approximate surface area is 186 Å². The molecule has 0 bridgehead atoms. The number of nitrogens with zero attached hydrogens (tertiary/aromatic N) is 1. The summed E-state index contributed by atoms with van der Waals surface area (Å²) in [7, 11) is -3.42. The third kappa shape index (κ3) is 5.18. The van der Waals surface area contributed by atoms with E-state index in [1.165, 1.54) is 29.4 Å². The van der Waals surface area contributed by atoms with Gasteiger partial charge in [-0.1, -0.05) is 41.9 Å². The van der Waals surface area contributed by atoms with Crippen molar-refractivity contribution in [1.82, 2.24) is 0 Å². The summed E-state index contributed by atoms with van der Waals surface area (Å²) in [5, 5.41) is 2.99. The molecule has 0 aliphatic carbocycles. The summed E-state index contributed by atoms with van der Waals surface area (Å²) in [5.74, 6) is -0.364. The van der Waals surface area contributed by atoms with Crippen molar-refractivity contribution in [2.75, 3.05) is 27.7 Å². The largest absolute Gasteiger partial charge is 0.367 e. The fourth-order valence-electron chi connectivity index (χ4n) is 3.66. The summed E-state index contributed by atoms with van der Waals surface area (Å²) in [6, 6.07) is 20.6. The average Bonchev–Trinajstić information content (AvgIpc) is 3.11. The molecule has 0 aromatic heterocycles. The number of carbonyl (C=O) groups excluding carboxylic acids is 1. The third-order valence-electron chi connectivity index (χ3n) is 5.09. The minimum Gasteiger partial charge on any atom is -0.367 e. The Kier molecular flexibility index (Phi) is 5.89. The van der Waals surface area contributed by atoms with Crippen molar-refractivity contribution in [3.63, 3.8) is 0 Å². The standard InChI is InChI=1S/C23H22ClN3O3S/c1-31(29,30)26-19-10-11-20(21(24)14-19)23(28)25-18-8-6-16(7-9-18)15-27-13-12-17-4-2-3-5-22(17)27/h2-11,14,26H,12-13,15H2,1H3,(H,25,28). The first-order chi connectivity index (χ1) is 14.8. The van der Waals surface area contributed by atoms with Gasteiger partial charge in [0.05, 0.1) is 16.8 Å². The lowest BCUT2D eigenvalue weighted by Crippen LogP contribution is -2.19. The van der Waals surface area contributed by atoms with Crippen LogP contribution in [-0.2, 0) is 23.0 Å². The zero-order valence-corrected chi connectivity index (χ0v) is 18.5. The highest BCUT2D eigenvalue weighted by atomic mass is 35.5. The van der Waals surface area contributed by atoms with E-state index in [1.807, 2.05) is 24.3 Å². The number of amides is 1. The van der Waals surface area contributed by atoms with Gasteiger partial charge in [-0.05, 0) is 53.9 Å². The Bertz CT molecular complexity index is 1230. The summed E-state index contributed by atoms with van der Waals surface area (Å²) < 4.78 is 25.0. The number of carbonyl (C=O) groups is 1. The quantitative estimate of drug-likeness (QED) is 0.572. The van der Waals surface area contributed by atoms with Crippen molar-refractivity contribution in [3.8, 4) is 0 Å². The van der Waals surface area contributed by atoms with Crippen LogP contribution >= 0.6 is 11.6 Å². The van der Waals surface area contributed by atoms with Crippen molar-refractivity contribution in [3.05, 3.63) is 88.4 Å². The number of benzene rings is 3. The Hall–Kier alpha value is -3.03. The summed E-state index contributed by atoms with van der Waals surface area (Å²) >= 11 is 6.18. The first-order valence-corrected chi connectivity index (χ1v) is 12.1. The Morgan fingerprint density at radius 3 is 2.45 bits per heavy atom. The van der Waals surface area contributed by atoms with Crippen LogP contribution in [0.5, 0.6) is 0 Å². The molecule has 1 heterocycles. The fraction of sp³-hybridized carbons (Fsp3) is 0.174. The van der Waals surface area contributed by atoms with Crippen molar-refractivity contribution in [2.24, 2.45) is 0 Å². The number of hydrogen-bond acceptors (Lipinski definition) is 4. The molecule has 0 saturated heterocycles. The van der Waals surface area contributed by atoms with Crippen LogP contribution in [0.2, 0.25) is 5.02 Å². The van der Waals surface area contributed by atoms with Crippen molar-refractivity contribution in [1.29, 1.82) is 0 Å². The van der Waals surface area contributed by atoms with Crippen LogP contribution in [0.1, 0.15) is 21.5 Å². The molecule has 0 atom stereocenters. The molecule has 0 radical (unpaired) electrons. The monoisotopic (exact) mass is 455 g/mol. The molecule has 1 aliphatic heterocycles. The number of anilines is 3. The molecular formula is C23H22ClN3O3S. The lowest BCUT2D eigenvalue weighted by Gasteiger charge is -2.19. The lowest BCUT2D eigenvalue weighted by molar-refractivity contribution is 0.102. The Balaban J connectivity index is 1.41. The zero-order valence-electron chi connectivity index (χ0n) is 16.9. The average molecular weight is 456 g/mol. The predicted octanol–water partition coefficient (Wildman–Crippen LogP) is 4.53. The minimum atomic E-state index is -3.42. The molecule has 160 valence electrons. The normalized spacial score (nSPS) is 13.0. The van der Waals surface area contributed by atoms with Crippen LogP contribution < -0.4 is 14.9 Å². The van der Waals surface area contributed by atoms with Gasteiger partial charge < -0.3 is 10.2 Å². The molecule has 6 nitrogen and oxygen atoms in total. The molecule has 4 rings (SSSR count). The molecule has 1 amide bonds. The van der Waals surface area contributed by atoms with Gasteiger partial charge in [-0.3, -0.25) is 9.52 Å². The maximum Gasteiger partial charge on any atom is 0.257 e. The number of hydrogen-bond donors (Lipinski definition) is 2. The summed E-state index contributed by atoms with van der Waals surface area (Å²) in [5.41, 5.74) is 5.04. The Morgan fingerprint density at radius 1 is 1.03 bits per heavy atom. The highest BCUT2D eigenvalue weighted by Gasteiger charge is 2.18. The van der Waals surface area contributed by atoms with Crippen molar-refractivity contribution in [2.45, 2.75) is 13.0 Å². The maximum absolute atomic E-state index is 12.6. The minimum absolute atomic E-state index is 0.162. The van der Waals surface area contributed by atoms with E-state index in [0.717, 1.165) is 31.3 Å². The summed E-state index contributed by atoms with van der Waals surface area (Å²) in [4.78, 5) is 14.9. The third-order valence-corrected chi connectivity index (χ3v) is 6.00.